The summed E-state index contributed by atoms with van der Waals surface area (Å²) in [7, 11) is 0. The predicted molar refractivity (Wildman–Crippen MR) is 73.5 cm³/mol. The minimum atomic E-state index is -1.12. The molecule has 1 saturated heterocycles. The number of carbonyl (C=O) groups is 2. The summed E-state index contributed by atoms with van der Waals surface area (Å²) in [6.45, 7) is 0. The number of nitro groups is 1. The van der Waals surface area contributed by atoms with Crippen LogP contribution in [0.25, 0.3) is 0 Å². The highest BCUT2D eigenvalue weighted by atomic mass is 32.2. The van der Waals surface area contributed by atoms with Crippen LogP contribution in [0.1, 0.15) is 12.8 Å². The van der Waals surface area contributed by atoms with Crippen LogP contribution in [0, 0.1) is 10.1 Å². The Bertz CT molecular complexity index is 682. The zero-order valence-electron chi connectivity index (χ0n) is 10.7. The van der Waals surface area contributed by atoms with Crippen molar-refractivity contribution in [1.82, 2.24) is 4.90 Å². The summed E-state index contributed by atoms with van der Waals surface area (Å²) in [5, 5.41) is 19.9. The maximum atomic E-state index is 11.5. The molecule has 1 fully saturated rings. The zero-order valence-corrected chi connectivity index (χ0v) is 11.5. The molecule has 0 saturated carbocycles. The normalized spacial score (nSPS) is 20.3. The van der Waals surface area contributed by atoms with E-state index in [9.17, 15) is 24.8 Å². The van der Waals surface area contributed by atoms with Crippen molar-refractivity contribution in [2.24, 2.45) is 0 Å². The maximum absolute atomic E-state index is 11.5. The third-order valence-electron chi connectivity index (χ3n) is 3.46. The molecule has 0 aliphatic carbocycles. The molecule has 3 rings (SSSR count). The van der Waals surface area contributed by atoms with Crippen LogP contribution >= 0.6 is 11.8 Å². The van der Waals surface area contributed by atoms with Crippen molar-refractivity contribution >= 4 is 29.3 Å². The summed E-state index contributed by atoms with van der Waals surface area (Å²) >= 11 is 1.24. The van der Waals surface area contributed by atoms with Gasteiger partial charge in [-0.2, -0.15) is 0 Å². The Morgan fingerprint density at radius 1 is 1.33 bits per heavy atom. The van der Waals surface area contributed by atoms with Crippen molar-refractivity contribution in [1.29, 1.82) is 0 Å². The number of thioether (sulfide) groups is 1. The summed E-state index contributed by atoms with van der Waals surface area (Å²) in [5.41, 5.74) is 0.0248. The molecule has 1 amide bonds. The van der Waals surface area contributed by atoms with E-state index in [2.05, 4.69) is 0 Å². The quantitative estimate of drug-likeness (QED) is 0.518. The number of hydrogen-bond donors (Lipinski definition) is 1. The Hall–Kier alpha value is -2.35. The number of nitro benzene ring substituents is 1. The van der Waals surface area contributed by atoms with Crippen molar-refractivity contribution in [3.8, 4) is 0 Å². The molecular weight excluding hydrogens is 296 g/mol. The van der Waals surface area contributed by atoms with Crippen molar-refractivity contribution in [3.63, 3.8) is 0 Å². The van der Waals surface area contributed by atoms with Crippen LogP contribution in [0.2, 0.25) is 0 Å². The van der Waals surface area contributed by atoms with Gasteiger partial charge < -0.3 is 10.0 Å². The molecule has 0 bridgehead atoms. The number of amides is 1. The van der Waals surface area contributed by atoms with Crippen LogP contribution in [-0.2, 0) is 9.59 Å². The van der Waals surface area contributed by atoms with E-state index in [0.29, 0.717) is 22.6 Å². The molecule has 0 radical (unpaired) electrons. The Morgan fingerprint density at radius 2 is 2.00 bits per heavy atom. The van der Waals surface area contributed by atoms with Crippen molar-refractivity contribution in [3.05, 3.63) is 45.0 Å². The smallest absolute Gasteiger partial charge is 0.353 e. The van der Waals surface area contributed by atoms with Crippen molar-refractivity contribution in [2.75, 3.05) is 0 Å². The van der Waals surface area contributed by atoms with E-state index in [1.807, 2.05) is 0 Å². The molecule has 1 aromatic carbocycles. The average molecular weight is 306 g/mol. The van der Waals surface area contributed by atoms with Crippen LogP contribution in [0.3, 0.4) is 0 Å². The lowest BCUT2D eigenvalue weighted by atomic mass is 10.0. The number of carboxylic acids is 1. The Balaban J connectivity index is 1.85. The fraction of sp³-hybridized carbons (Fsp3) is 0.231. The van der Waals surface area contributed by atoms with Crippen LogP contribution in [0.15, 0.2) is 39.8 Å². The molecule has 0 aromatic heterocycles. The summed E-state index contributed by atoms with van der Waals surface area (Å²) < 4.78 is 0. The second-order valence-corrected chi connectivity index (χ2v) is 5.92. The first-order valence-corrected chi connectivity index (χ1v) is 7.00. The molecule has 108 valence electrons. The van der Waals surface area contributed by atoms with E-state index < -0.39 is 10.9 Å². The summed E-state index contributed by atoms with van der Waals surface area (Å²) in [4.78, 5) is 35.6. The maximum Gasteiger partial charge on any atom is 0.353 e. The van der Waals surface area contributed by atoms with E-state index in [1.165, 1.54) is 28.8 Å². The summed E-state index contributed by atoms with van der Waals surface area (Å²) in [5.74, 6) is -1.29. The summed E-state index contributed by atoms with van der Waals surface area (Å²) in [6.07, 6.45) is 0.899. The molecule has 2 aliphatic heterocycles. The number of nitrogens with zero attached hydrogens (tertiary/aromatic N) is 2. The first kappa shape index (κ1) is 13.6. The van der Waals surface area contributed by atoms with Gasteiger partial charge in [0.05, 0.1) is 11.0 Å². The van der Waals surface area contributed by atoms with Crippen LogP contribution in [0.4, 0.5) is 5.69 Å². The number of benzene rings is 1. The number of hydrogen-bond acceptors (Lipinski definition) is 5. The second-order valence-electron chi connectivity index (χ2n) is 4.76. The number of carboxylic acid groups (broad SMARTS) is 1. The van der Waals surface area contributed by atoms with Crippen molar-refractivity contribution in [2.45, 2.75) is 23.8 Å². The monoisotopic (exact) mass is 306 g/mol. The van der Waals surface area contributed by atoms with Crippen molar-refractivity contribution < 1.29 is 19.6 Å². The standard InChI is InChI=1S/C13H10N2O5S/c16-11-6-8-5-10(12(13(17)18)14(8)11)21-9-3-1-7(2-4-9)15(19)20/h1-4,8H,5-6H2,(H,17,18). The van der Waals surface area contributed by atoms with Crippen LogP contribution in [-0.4, -0.2) is 32.8 Å². The van der Waals surface area contributed by atoms with Crippen LogP contribution < -0.4 is 0 Å². The minimum Gasteiger partial charge on any atom is -0.477 e. The Kier molecular flexibility index (Phi) is 3.17. The molecule has 2 aliphatic rings. The van der Waals surface area contributed by atoms with Gasteiger partial charge in [0.1, 0.15) is 5.70 Å². The van der Waals surface area contributed by atoms with Gasteiger partial charge >= 0.3 is 5.97 Å². The van der Waals surface area contributed by atoms with Gasteiger partial charge in [-0.3, -0.25) is 14.9 Å². The second kappa shape index (κ2) is 4.88. The SMILES string of the molecule is O=C(O)C1=C(Sc2ccc([N+](=O)[O-])cc2)CC2CC(=O)N12. The molecule has 1 unspecified atom stereocenters. The molecule has 0 spiro atoms. The number of non-ortho nitro benzene ring substituents is 1. The number of β-lactam (4-membered cyclic amide) rings is 1. The highest BCUT2D eigenvalue weighted by molar-refractivity contribution is 8.03. The van der Waals surface area contributed by atoms with Gasteiger partial charge in [-0.15, -0.1) is 0 Å². The van der Waals surface area contributed by atoms with Gasteiger partial charge in [0, 0.05) is 34.8 Å². The predicted octanol–water partition coefficient (Wildman–Crippen LogP) is 1.99. The van der Waals surface area contributed by atoms with E-state index in [1.54, 1.807) is 12.1 Å². The van der Waals surface area contributed by atoms with Gasteiger partial charge in [0.25, 0.3) is 5.69 Å². The number of rotatable bonds is 4. The first-order valence-electron chi connectivity index (χ1n) is 6.18. The Labute approximate surface area is 123 Å². The van der Waals surface area contributed by atoms with Gasteiger partial charge in [-0.05, 0) is 12.1 Å². The third-order valence-corrected chi connectivity index (χ3v) is 4.58. The fourth-order valence-electron chi connectivity index (χ4n) is 2.49. The molecule has 7 nitrogen and oxygen atoms in total. The topological polar surface area (TPSA) is 101 Å². The third kappa shape index (κ3) is 2.27. The Morgan fingerprint density at radius 3 is 2.52 bits per heavy atom. The molecule has 1 atom stereocenters. The van der Waals surface area contributed by atoms with E-state index in [4.69, 9.17) is 0 Å². The summed E-state index contributed by atoms with van der Waals surface area (Å²) in [6, 6.07) is 5.85. The lowest BCUT2D eigenvalue weighted by molar-refractivity contribution is -0.384. The van der Waals surface area contributed by atoms with Crippen LogP contribution in [0.5, 0.6) is 0 Å². The molecule has 2 heterocycles. The van der Waals surface area contributed by atoms with Gasteiger partial charge in [0.2, 0.25) is 5.91 Å². The largest absolute Gasteiger partial charge is 0.477 e. The number of aliphatic carboxylic acids is 1. The first-order chi connectivity index (χ1) is 9.97. The molecule has 1 N–H and O–H groups in total. The lowest BCUT2D eigenvalue weighted by Gasteiger charge is -2.34. The highest BCUT2D eigenvalue weighted by Gasteiger charge is 2.47. The number of fused-ring (bicyclic) bond motifs is 1. The molecular formula is C13H10N2O5S. The van der Waals surface area contributed by atoms with Gasteiger partial charge in [-0.25, -0.2) is 4.79 Å². The fourth-order valence-corrected chi connectivity index (χ4v) is 3.60. The van der Waals surface area contributed by atoms with E-state index in [0.717, 1.165) is 0 Å². The molecule has 21 heavy (non-hydrogen) atoms. The van der Waals surface area contributed by atoms with Gasteiger partial charge in [0.15, 0.2) is 0 Å². The van der Waals surface area contributed by atoms with E-state index >= 15 is 0 Å². The lowest BCUT2D eigenvalue weighted by Crippen LogP contribution is -2.49. The minimum absolute atomic E-state index is 0.0165. The van der Waals surface area contributed by atoms with Gasteiger partial charge in [-0.1, -0.05) is 11.8 Å². The molecule has 1 aromatic rings. The van der Waals surface area contributed by atoms with E-state index in [-0.39, 0.29) is 23.3 Å². The average Bonchev–Trinajstić information content (AvgIpc) is 2.72. The highest BCUT2D eigenvalue weighted by Crippen LogP contribution is 2.45. The number of carbonyl (C=O) groups excluding carboxylic acids is 1. The zero-order chi connectivity index (χ0) is 15.1. The molecule has 8 heteroatoms.